The molecule has 3 rings (SSSR count). The molecule has 0 aromatic heterocycles. The normalized spacial score (nSPS) is 15.9. The molecule has 1 heterocycles. The Kier molecular flexibility index (Phi) is 7.51. The lowest BCUT2D eigenvalue weighted by atomic mass is 9.95. The molecule has 0 saturated carbocycles. The van der Waals surface area contributed by atoms with Gasteiger partial charge in [-0.3, -0.25) is 0 Å². The van der Waals surface area contributed by atoms with Gasteiger partial charge < -0.3 is 24.8 Å². The van der Waals surface area contributed by atoms with Crippen molar-refractivity contribution in [2.75, 3.05) is 26.6 Å². The van der Waals surface area contributed by atoms with Crippen LogP contribution >= 0.6 is 0 Å². The molecule has 9 nitrogen and oxygen atoms in total. The van der Waals surface area contributed by atoms with Crippen LogP contribution in [0.3, 0.4) is 0 Å². The average molecular weight is 489 g/mol. The third kappa shape index (κ3) is 5.17. The van der Waals surface area contributed by atoms with Crippen molar-refractivity contribution in [1.82, 2.24) is 10.6 Å². The molecule has 0 spiro atoms. The van der Waals surface area contributed by atoms with Gasteiger partial charge >= 0.3 is 12.0 Å². The van der Waals surface area contributed by atoms with Gasteiger partial charge in [0.25, 0.3) is 0 Å². The number of rotatable bonds is 8. The average Bonchev–Trinajstić information content (AvgIpc) is 2.79. The highest BCUT2D eigenvalue weighted by molar-refractivity contribution is 7.91. The van der Waals surface area contributed by atoms with Gasteiger partial charge in [0.15, 0.2) is 21.3 Å². The number of carbonyl (C=O) groups is 2. The Bertz CT molecular complexity index is 1250. The molecule has 0 saturated heterocycles. The fourth-order valence-electron chi connectivity index (χ4n) is 3.64. The van der Waals surface area contributed by atoms with Crippen molar-refractivity contribution in [3.63, 3.8) is 0 Å². The summed E-state index contributed by atoms with van der Waals surface area (Å²) in [5.74, 6) is -0.466. The molecule has 1 atom stereocenters. The van der Waals surface area contributed by atoms with Gasteiger partial charge in [0.05, 0.1) is 43.1 Å². The van der Waals surface area contributed by atoms with Crippen molar-refractivity contribution in [2.24, 2.45) is 0 Å². The van der Waals surface area contributed by atoms with Crippen LogP contribution in [0.4, 0.5) is 4.79 Å². The predicted molar refractivity (Wildman–Crippen MR) is 126 cm³/mol. The van der Waals surface area contributed by atoms with E-state index >= 15 is 0 Å². The standard InChI is InChI=1S/C24H28N2O7S/c1-6-33-23(27)21-18(13-34(29,30)17-9-7-14(2)15(3)11-17)25-24(28)26-22(21)16-8-10-19(31-4)20(12-16)32-5/h7-12,22H,6,13H2,1-5H3,(H2,25,26,28). The number of hydrogen-bond acceptors (Lipinski definition) is 7. The van der Waals surface area contributed by atoms with E-state index in [1.165, 1.54) is 20.3 Å². The lowest BCUT2D eigenvalue weighted by molar-refractivity contribution is -0.139. The first-order chi connectivity index (χ1) is 16.1. The summed E-state index contributed by atoms with van der Waals surface area (Å²) in [7, 11) is -0.932. The zero-order chi connectivity index (χ0) is 25.0. The van der Waals surface area contributed by atoms with Crippen LogP contribution in [-0.4, -0.2) is 47.0 Å². The van der Waals surface area contributed by atoms with Crippen molar-refractivity contribution in [1.29, 1.82) is 0 Å². The molecule has 2 aromatic carbocycles. The number of sulfone groups is 1. The second kappa shape index (κ2) is 10.2. The number of benzene rings is 2. The molecule has 1 aliphatic rings. The molecular weight excluding hydrogens is 460 g/mol. The Morgan fingerprint density at radius 1 is 1.00 bits per heavy atom. The number of urea groups is 1. The number of ether oxygens (including phenoxy) is 3. The molecule has 10 heteroatoms. The number of hydrogen-bond donors (Lipinski definition) is 2. The minimum atomic E-state index is -3.89. The minimum Gasteiger partial charge on any atom is -0.493 e. The Morgan fingerprint density at radius 3 is 2.32 bits per heavy atom. The van der Waals surface area contributed by atoms with E-state index < -0.39 is 33.6 Å². The van der Waals surface area contributed by atoms with Gasteiger partial charge in [-0.15, -0.1) is 0 Å². The van der Waals surface area contributed by atoms with Crippen LogP contribution in [0.5, 0.6) is 11.5 Å². The van der Waals surface area contributed by atoms with E-state index in [0.29, 0.717) is 17.1 Å². The molecule has 0 bridgehead atoms. The van der Waals surface area contributed by atoms with Gasteiger partial charge in [-0.25, -0.2) is 18.0 Å². The van der Waals surface area contributed by atoms with Crippen LogP contribution in [0, 0.1) is 13.8 Å². The van der Waals surface area contributed by atoms with E-state index in [4.69, 9.17) is 14.2 Å². The molecule has 2 aromatic rings. The summed E-state index contributed by atoms with van der Waals surface area (Å²) in [6, 6.07) is 8.11. The van der Waals surface area contributed by atoms with Crippen molar-refractivity contribution in [2.45, 2.75) is 31.7 Å². The summed E-state index contributed by atoms with van der Waals surface area (Å²) in [5, 5.41) is 5.19. The molecule has 34 heavy (non-hydrogen) atoms. The fraction of sp³-hybridized carbons (Fsp3) is 0.333. The van der Waals surface area contributed by atoms with Crippen LogP contribution < -0.4 is 20.1 Å². The number of amides is 2. The molecule has 2 N–H and O–H groups in total. The second-order valence-corrected chi connectivity index (χ2v) is 9.75. The summed E-state index contributed by atoms with van der Waals surface area (Å²) in [6.45, 7) is 5.42. The van der Waals surface area contributed by atoms with Crippen molar-refractivity contribution < 1.29 is 32.2 Å². The van der Waals surface area contributed by atoms with Crippen LogP contribution in [0.15, 0.2) is 52.6 Å². The summed E-state index contributed by atoms with van der Waals surface area (Å²) >= 11 is 0. The number of esters is 1. The van der Waals surface area contributed by atoms with Gasteiger partial charge in [-0.1, -0.05) is 12.1 Å². The number of aryl methyl sites for hydroxylation is 2. The Labute approximate surface area is 199 Å². The fourth-order valence-corrected chi connectivity index (χ4v) is 5.05. The van der Waals surface area contributed by atoms with E-state index in [0.717, 1.165) is 11.1 Å². The van der Waals surface area contributed by atoms with Crippen LogP contribution in [-0.2, 0) is 19.4 Å². The lowest BCUT2D eigenvalue weighted by Crippen LogP contribution is -2.47. The van der Waals surface area contributed by atoms with E-state index in [1.54, 1.807) is 37.3 Å². The summed E-state index contributed by atoms with van der Waals surface area (Å²) in [6.07, 6.45) is 0. The molecule has 1 aliphatic heterocycles. The molecule has 182 valence electrons. The van der Waals surface area contributed by atoms with E-state index in [-0.39, 0.29) is 22.8 Å². The Hall–Kier alpha value is -3.53. The Morgan fingerprint density at radius 2 is 1.71 bits per heavy atom. The largest absolute Gasteiger partial charge is 0.493 e. The Balaban J connectivity index is 2.13. The highest BCUT2D eigenvalue weighted by Gasteiger charge is 2.36. The summed E-state index contributed by atoms with van der Waals surface area (Å²) < 4.78 is 42.3. The highest BCUT2D eigenvalue weighted by Crippen LogP contribution is 2.35. The van der Waals surface area contributed by atoms with E-state index in [2.05, 4.69) is 10.6 Å². The zero-order valence-corrected chi connectivity index (χ0v) is 20.5. The lowest BCUT2D eigenvalue weighted by Gasteiger charge is -2.29. The van der Waals surface area contributed by atoms with Crippen LogP contribution in [0.1, 0.15) is 29.7 Å². The monoisotopic (exact) mass is 488 g/mol. The molecule has 0 aliphatic carbocycles. The van der Waals surface area contributed by atoms with E-state index in [1.807, 2.05) is 13.8 Å². The predicted octanol–water partition coefficient (Wildman–Crippen LogP) is 2.97. The summed E-state index contributed by atoms with van der Waals surface area (Å²) in [5.41, 5.74) is 2.23. The third-order valence-corrected chi connectivity index (χ3v) is 7.20. The molecule has 0 fully saturated rings. The van der Waals surface area contributed by atoms with Gasteiger partial charge in [-0.05, 0) is 61.7 Å². The number of nitrogens with one attached hydrogen (secondary N) is 2. The molecule has 2 amide bonds. The first-order valence-corrected chi connectivity index (χ1v) is 12.3. The van der Waals surface area contributed by atoms with Crippen LogP contribution in [0.2, 0.25) is 0 Å². The first-order valence-electron chi connectivity index (χ1n) is 10.6. The maximum Gasteiger partial charge on any atom is 0.338 e. The smallest absolute Gasteiger partial charge is 0.338 e. The second-order valence-electron chi connectivity index (χ2n) is 7.76. The quantitative estimate of drug-likeness (QED) is 0.548. The first kappa shape index (κ1) is 25.1. The third-order valence-electron chi connectivity index (χ3n) is 5.56. The van der Waals surface area contributed by atoms with Crippen molar-refractivity contribution >= 4 is 21.8 Å². The van der Waals surface area contributed by atoms with Crippen molar-refractivity contribution in [3.8, 4) is 11.5 Å². The summed E-state index contributed by atoms with van der Waals surface area (Å²) in [4.78, 5) is 25.6. The van der Waals surface area contributed by atoms with Gasteiger partial charge in [0, 0.05) is 5.70 Å². The topological polar surface area (TPSA) is 120 Å². The number of carbonyl (C=O) groups excluding carboxylic acids is 2. The van der Waals surface area contributed by atoms with Gasteiger partial charge in [0.1, 0.15) is 0 Å². The molecule has 0 radical (unpaired) electrons. The maximum absolute atomic E-state index is 13.2. The maximum atomic E-state index is 13.2. The molecule has 1 unspecified atom stereocenters. The van der Waals surface area contributed by atoms with E-state index in [9.17, 15) is 18.0 Å². The molecular formula is C24H28N2O7S. The highest BCUT2D eigenvalue weighted by atomic mass is 32.2. The minimum absolute atomic E-state index is 0.000999. The zero-order valence-electron chi connectivity index (χ0n) is 19.7. The van der Waals surface area contributed by atoms with Gasteiger partial charge in [0.2, 0.25) is 0 Å². The SMILES string of the molecule is CCOC(=O)C1=C(CS(=O)(=O)c2ccc(C)c(C)c2)NC(=O)NC1c1ccc(OC)c(OC)c1. The van der Waals surface area contributed by atoms with Gasteiger partial charge in [-0.2, -0.15) is 0 Å². The van der Waals surface area contributed by atoms with Crippen LogP contribution in [0.25, 0.3) is 0 Å². The van der Waals surface area contributed by atoms with Crippen molar-refractivity contribution in [3.05, 3.63) is 64.4 Å². The number of methoxy groups -OCH3 is 2.